The average Bonchev–Trinajstić information content (AvgIpc) is 3.03. The SMILES string of the molecule is CCOC(=O)c1nn(C2CCC(C)CC2)c2c1CSc1ccccc1-2. The molecule has 25 heavy (non-hydrogen) atoms. The predicted molar refractivity (Wildman–Crippen MR) is 99.8 cm³/mol. The van der Waals surface area contributed by atoms with E-state index >= 15 is 0 Å². The van der Waals surface area contributed by atoms with Gasteiger partial charge in [-0.15, -0.1) is 11.8 Å². The van der Waals surface area contributed by atoms with E-state index in [-0.39, 0.29) is 5.97 Å². The van der Waals surface area contributed by atoms with E-state index in [1.54, 1.807) is 11.8 Å². The van der Waals surface area contributed by atoms with Crippen LogP contribution in [0.2, 0.25) is 0 Å². The Hall–Kier alpha value is -1.75. The summed E-state index contributed by atoms with van der Waals surface area (Å²) in [6.45, 7) is 4.55. The van der Waals surface area contributed by atoms with Gasteiger partial charge in [0.05, 0.1) is 18.3 Å². The number of fused-ring (bicyclic) bond motifs is 3. The van der Waals surface area contributed by atoms with Gasteiger partial charge in [-0.25, -0.2) is 4.79 Å². The maximum absolute atomic E-state index is 12.5. The van der Waals surface area contributed by atoms with E-state index in [0.29, 0.717) is 18.3 Å². The van der Waals surface area contributed by atoms with E-state index in [2.05, 4.69) is 35.9 Å². The Labute approximate surface area is 152 Å². The average molecular weight is 356 g/mol. The van der Waals surface area contributed by atoms with E-state index in [4.69, 9.17) is 9.84 Å². The van der Waals surface area contributed by atoms with Crippen molar-refractivity contribution >= 4 is 17.7 Å². The summed E-state index contributed by atoms with van der Waals surface area (Å²) in [7, 11) is 0. The molecule has 0 atom stereocenters. The fraction of sp³-hybridized carbons (Fsp3) is 0.500. The molecular weight excluding hydrogens is 332 g/mol. The highest BCUT2D eigenvalue weighted by Gasteiger charge is 2.32. The van der Waals surface area contributed by atoms with Crippen LogP contribution >= 0.6 is 11.8 Å². The minimum absolute atomic E-state index is 0.290. The molecule has 0 saturated heterocycles. The third kappa shape index (κ3) is 2.99. The second-order valence-corrected chi connectivity index (χ2v) is 8.06. The third-order valence-electron chi connectivity index (χ3n) is 5.32. The molecule has 0 bridgehead atoms. The van der Waals surface area contributed by atoms with Crippen LogP contribution in [0.1, 0.15) is 61.6 Å². The summed E-state index contributed by atoms with van der Waals surface area (Å²) in [5, 5.41) is 4.79. The van der Waals surface area contributed by atoms with Crippen LogP contribution in [0.3, 0.4) is 0 Å². The molecule has 0 unspecified atom stereocenters. The van der Waals surface area contributed by atoms with Crippen LogP contribution in [0, 0.1) is 5.92 Å². The summed E-state index contributed by atoms with van der Waals surface area (Å²) in [6.07, 6.45) is 4.72. The molecule has 0 spiro atoms. The zero-order valence-corrected chi connectivity index (χ0v) is 15.6. The zero-order chi connectivity index (χ0) is 17.4. The van der Waals surface area contributed by atoms with Crippen LogP contribution in [0.15, 0.2) is 29.2 Å². The number of carbonyl (C=O) groups is 1. The first-order valence-corrected chi connectivity index (χ1v) is 10.2. The fourth-order valence-corrected chi connectivity index (χ4v) is 5.01. The van der Waals surface area contributed by atoms with E-state index in [1.807, 2.05) is 6.92 Å². The highest BCUT2D eigenvalue weighted by molar-refractivity contribution is 7.98. The fourth-order valence-electron chi connectivity index (χ4n) is 3.94. The number of nitrogens with zero attached hydrogens (tertiary/aromatic N) is 2. The molecular formula is C20H24N2O2S. The quantitative estimate of drug-likeness (QED) is 0.719. The van der Waals surface area contributed by atoms with Crippen LogP contribution < -0.4 is 0 Å². The van der Waals surface area contributed by atoms with Gasteiger partial charge in [-0.2, -0.15) is 5.10 Å². The Balaban J connectivity index is 1.83. The largest absolute Gasteiger partial charge is 0.461 e. The second kappa shape index (κ2) is 6.87. The molecule has 132 valence electrons. The summed E-state index contributed by atoms with van der Waals surface area (Å²) in [4.78, 5) is 13.7. The van der Waals surface area contributed by atoms with Gasteiger partial charge in [-0.1, -0.05) is 25.1 Å². The molecule has 1 saturated carbocycles. The van der Waals surface area contributed by atoms with Crippen molar-refractivity contribution in [2.75, 3.05) is 6.61 Å². The first-order valence-electron chi connectivity index (χ1n) is 9.19. The van der Waals surface area contributed by atoms with E-state index in [0.717, 1.165) is 35.8 Å². The molecule has 2 aromatic rings. The molecule has 2 heterocycles. The topological polar surface area (TPSA) is 44.1 Å². The normalized spacial score (nSPS) is 22.2. The molecule has 1 aliphatic heterocycles. The molecule has 1 aliphatic carbocycles. The predicted octanol–water partition coefficient (Wildman–Crippen LogP) is 5.08. The van der Waals surface area contributed by atoms with Crippen molar-refractivity contribution in [3.63, 3.8) is 0 Å². The molecule has 0 radical (unpaired) electrons. The van der Waals surface area contributed by atoms with Gasteiger partial charge in [-0.3, -0.25) is 4.68 Å². The minimum Gasteiger partial charge on any atom is -0.461 e. The molecule has 0 N–H and O–H groups in total. The number of thioether (sulfide) groups is 1. The lowest BCUT2D eigenvalue weighted by molar-refractivity contribution is 0.0517. The lowest BCUT2D eigenvalue weighted by Crippen LogP contribution is -2.19. The van der Waals surface area contributed by atoms with E-state index in [9.17, 15) is 4.79 Å². The molecule has 1 aromatic carbocycles. The molecule has 1 fully saturated rings. The van der Waals surface area contributed by atoms with E-state index < -0.39 is 0 Å². The number of hydrogen-bond acceptors (Lipinski definition) is 4. The second-order valence-electron chi connectivity index (χ2n) is 7.04. The zero-order valence-electron chi connectivity index (χ0n) is 14.8. The van der Waals surface area contributed by atoms with Gasteiger partial charge in [0.2, 0.25) is 0 Å². The van der Waals surface area contributed by atoms with Crippen molar-refractivity contribution in [3.8, 4) is 11.3 Å². The Bertz CT molecular complexity index is 791. The highest BCUT2D eigenvalue weighted by Crippen LogP contribution is 2.45. The van der Waals surface area contributed by atoms with Gasteiger partial charge < -0.3 is 4.74 Å². The van der Waals surface area contributed by atoms with Crippen LogP contribution in [0.25, 0.3) is 11.3 Å². The lowest BCUT2D eigenvalue weighted by atomic mass is 9.87. The van der Waals surface area contributed by atoms with Crippen molar-refractivity contribution in [1.29, 1.82) is 0 Å². The summed E-state index contributed by atoms with van der Waals surface area (Å²) in [5.74, 6) is 1.28. The highest BCUT2D eigenvalue weighted by atomic mass is 32.2. The van der Waals surface area contributed by atoms with Crippen LogP contribution in [0.4, 0.5) is 0 Å². The van der Waals surface area contributed by atoms with Gasteiger partial charge in [0.25, 0.3) is 0 Å². The molecule has 4 rings (SSSR count). The lowest BCUT2D eigenvalue weighted by Gasteiger charge is -2.29. The van der Waals surface area contributed by atoms with Crippen molar-refractivity contribution < 1.29 is 9.53 Å². The van der Waals surface area contributed by atoms with Gasteiger partial charge >= 0.3 is 5.97 Å². The first kappa shape index (κ1) is 16.7. The van der Waals surface area contributed by atoms with Crippen LogP contribution in [-0.4, -0.2) is 22.4 Å². The monoisotopic (exact) mass is 356 g/mol. The Morgan fingerprint density at radius 2 is 2.04 bits per heavy atom. The van der Waals surface area contributed by atoms with Gasteiger partial charge in [-0.05, 0) is 44.6 Å². The minimum atomic E-state index is -0.290. The van der Waals surface area contributed by atoms with Gasteiger partial charge in [0.1, 0.15) is 0 Å². The molecule has 2 aliphatic rings. The molecule has 0 amide bonds. The molecule has 4 nitrogen and oxygen atoms in total. The number of ether oxygens (including phenoxy) is 1. The summed E-state index contributed by atoms with van der Waals surface area (Å²) < 4.78 is 7.42. The molecule has 5 heteroatoms. The molecule has 1 aromatic heterocycles. The summed E-state index contributed by atoms with van der Waals surface area (Å²) in [5.41, 5.74) is 3.89. The van der Waals surface area contributed by atoms with Crippen molar-refractivity contribution in [3.05, 3.63) is 35.5 Å². The third-order valence-corrected chi connectivity index (χ3v) is 6.42. The summed E-state index contributed by atoms with van der Waals surface area (Å²) >= 11 is 1.78. The number of carbonyl (C=O) groups excluding carboxylic acids is 1. The number of benzene rings is 1. The summed E-state index contributed by atoms with van der Waals surface area (Å²) in [6, 6.07) is 8.83. The van der Waals surface area contributed by atoms with Gasteiger partial charge in [0.15, 0.2) is 5.69 Å². The number of hydrogen-bond donors (Lipinski definition) is 0. The Morgan fingerprint density at radius 3 is 2.80 bits per heavy atom. The smallest absolute Gasteiger partial charge is 0.359 e. The van der Waals surface area contributed by atoms with Crippen LogP contribution in [0.5, 0.6) is 0 Å². The standard InChI is InChI=1S/C20H24N2O2S/c1-3-24-20(23)18-16-12-25-17-7-5-4-6-15(17)19(16)22(21-18)14-10-8-13(2)9-11-14/h4-7,13-14H,3,8-12H2,1-2H3. The maximum atomic E-state index is 12.5. The maximum Gasteiger partial charge on any atom is 0.359 e. The van der Waals surface area contributed by atoms with Crippen molar-refractivity contribution in [1.82, 2.24) is 9.78 Å². The van der Waals surface area contributed by atoms with Crippen molar-refractivity contribution in [2.45, 2.75) is 56.2 Å². The van der Waals surface area contributed by atoms with Crippen molar-refractivity contribution in [2.24, 2.45) is 5.92 Å². The van der Waals surface area contributed by atoms with E-state index in [1.165, 1.54) is 23.3 Å². The van der Waals surface area contributed by atoms with Crippen LogP contribution in [-0.2, 0) is 10.5 Å². The first-order chi connectivity index (χ1) is 12.2. The Kier molecular flexibility index (Phi) is 4.59. The number of rotatable bonds is 3. The van der Waals surface area contributed by atoms with Gasteiger partial charge in [0, 0.05) is 21.8 Å². The number of esters is 1. The number of aromatic nitrogens is 2. The Morgan fingerprint density at radius 1 is 1.28 bits per heavy atom.